The number of hydrogen-bond acceptors (Lipinski definition) is 3. The second-order valence-electron chi connectivity index (χ2n) is 14.8. The minimum Gasteiger partial charge on any atom is -0.497 e. The van der Waals surface area contributed by atoms with Gasteiger partial charge in [0.25, 0.3) is 0 Å². The zero-order chi connectivity index (χ0) is 40.0. The Labute approximate surface area is 347 Å². The third-order valence-corrected chi connectivity index (χ3v) is 10.7. The molecule has 0 atom stereocenters. The molecule has 0 aliphatic rings. The lowest BCUT2D eigenvalue weighted by atomic mass is 9.99. The van der Waals surface area contributed by atoms with E-state index in [-0.39, 0.29) is 0 Å². The number of ether oxygens (including phenoxy) is 1. The Kier molecular flexibility index (Phi) is 10.6. The van der Waals surface area contributed by atoms with E-state index in [0.29, 0.717) is 0 Å². The second-order valence-corrected chi connectivity index (χ2v) is 14.8. The van der Waals surface area contributed by atoms with Crippen LogP contribution in [0, 0.1) is 6.92 Å². The second kappa shape index (κ2) is 16.9. The summed E-state index contributed by atoms with van der Waals surface area (Å²) in [7, 11) is 1.69. The summed E-state index contributed by atoms with van der Waals surface area (Å²) in [5.41, 5.74) is 12.6. The normalized spacial score (nSPS) is 11.4. The Morgan fingerprint density at radius 3 is 1.07 bits per heavy atom. The van der Waals surface area contributed by atoms with Crippen molar-refractivity contribution >= 4 is 80.0 Å². The van der Waals surface area contributed by atoms with Gasteiger partial charge in [-0.3, -0.25) is 0 Å². The molecule has 0 aliphatic heterocycles. The first-order chi connectivity index (χ1) is 29.1. The summed E-state index contributed by atoms with van der Waals surface area (Å²) in [4.78, 5) is 4.55. The number of nitrogens with zero attached hydrogens (tertiary/aromatic N) is 2. The Morgan fingerprint density at radius 1 is 0.322 bits per heavy atom. The maximum absolute atomic E-state index is 5.40. The van der Waals surface area contributed by atoms with E-state index in [1.54, 1.807) is 7.11 Å². The molecule has 3 nitrogen and oxygen atoms in total. The van der Waals surface area contributed by atoms with Gasteiger partial charge in [-0.25, -0.2) is 0 Å². The van der Waals surface area contributed by atoms with Crippen molar-refractivity contribution in [3.05, 3.63) is 234 Å². The molecule has 9 aromatic carbocycles. The predicted octanol–water partition coefficient (Wildman–Crippen LogP) is 15.6. The highest BCUT2D eigenvalue weighted by Crippen LogP contribution is 2.37. The SMILES string of the molecule is COc1ccc(N(c2ccccc2)c2ccc(C=Cc3ccc4cc5cc(C=Cc6ccc(N(c7ccccc7)c7ccc(C)cc7)cc6)ccc5cc4c3)cc2)cc1. The van der Waals surface area contributed by atoms with E-state index in [0.717, 1.165) is 51.0 Å². The molecule has 0 aliphatic carbocycles. The highest BCUT2D eigenvalue weighted by Gasteiger charge is 2.13. The number of rotatable bonds is 11. The van der Waals surface area contributed by atoms with E-state index in [9.17, 15) is 0 Å². The molecule has 9 aromatic rings. The minimum absolute atomic E-state index is 0.839. The van der Waals surface area contributed by atoms with Crippen molar-refractivity contribution in [2.75, 3.05) is 16.9 Å². The smallest absolute Gasteiger partial charge is 0.119 e. The summed E-state index contributed by atoms with van der Waals surface area (Å²) in [5, 5.41) is 4.92. The summed E-state index contributed by atoms with van der Waals surface area (Å²) >= 11 is 0. The molecule has 0 radical (unpaired) electrons. The molecule has 0 aromatic heterocycles. The summed E-state index contributed by atoms with van der Waals surface area (Å²) in [6, 6.07) is 73.3. The van der Waals surface area contributed by atoms with Gasteiger partial charge >= 0.3 is 0 Å². The van der Waals surface area contributed by atoms with Crippen LogP contribution in [0.1, 0.15) is 27.8 Å². The number of anilines is 6. The molecule has 0 bridgehead atoms. The van der Waals surface area contributed by atoms with E-state index in [2.05, 4.69) is 229 Å². The van der Waals surface area contributed by atoms with E-state index < -0.39 is 0 Å². The average Bonchev–Trinajstić information content (AvgIpc) is 3.29. The number of fused-ring (bicyclic) bond motifs is 2. The van der Waals surface area contributed by atoms with Gasteiger partial charge in [0, 0.05) is 34.1 Å². The van der Waals surface area contributed by atoms with Gasteiger partial charge in [0.15, 0.2) is 0 Å². The van der Waals surface area contributed by atoms with Crippen molar-refractivity contribution in [2.24, 2.45) is 0 Å². The standard InChI is InChI=1S/C56H44N2O/c1-41-13-27-52(28-14-41)57(50-9-5-3-6-10-50)53-29-21-42(22-30-53)15-17-44-19-25-46-40-49-38-45(20-26-47(49)39-48(46)37-44)18-16-43-23-31-54(32-24-43)58(51-11-7-4-8-12-51)55-33-35-56(59-2)36-34-55/h3-40H,1-2H3. The Balaban J connectivity index is 0.899. The third kappa shape index (κ3) is 8.41. The fourth-order valence-corrected chi connectivity index (χ4v) is 7.57. The first-order valence-electron chi connectivity index (χ1n) is 20.0. The summed E-state index contributed by atoms with van der Waals surface area (Å²) < 4.78 is 5.40. The zero-order valence-corrected chi connectivity index (χ0v) is 33.2. The summed E-state index contributed by atoms with van der Waals surface area (Å²) in [5.74, 6) is 0.839. The molecule has 3 heteroatoms. The van der Waals surface area contributed by atoms with Gasteiger partial charge in [0.05, 0.1) is 7.11 Å². The molecule has 0 fully saturated rings. The molecule has 0 spiro atoms. The molecule has 284 valence electrons. The average molecular weight is 761 g/mol. The van der Waals surface area contributed by atoms with E-state index in [1.807, 2.05) is 18.2 Å². The molecule has 0 saturated heterocycles. The Hall–Kier alpha value is -7.62. The van der Waals surface area contributed by atoms with Crippen molar-refractivity contribution in [1.29, 1.82) is 0 Å². The minimum atomic E-state index is 0.839. The first-order valence-corrected chi connectivity index (χ1v) is 20.0. The molecule has 0 unspecified atom stereocenters. The van der Waals surface area contributed by atoms with Crippen LogP contribution in [0.2, 0.25) is 0 Å². The molecule has 0 saturated carbocycles. The van der Waals surface area contributed by atoms with Crippen LogP contribution in [0.3, 0.4) is 0 Å². The van der Waals surface area contributed by atoms with Crippen molar-refractivity contribution < 1.29 is 4.74 Å². The van der Waals surface area contributed by atoms with Gasteiger partial charge in [-0.1, -0.05) is 127 Å². The number of aryl methyl sites for hydroxylation is 1. The Morgan fingerprint density at radius 2 is 0.661 bits per heavy atom. The number of benzene rings is 9. The molecule has 0 heterocycles. The zero-order valence-electron chi connectivity index (χ0n) is 33.2. The van der Waals surface area contributed by atoms with Gasteiger partial charge in [-0.15, -0.1) is 0 Å². The van der Waals surface area contributed by atoms with Gasteiger partial charge in [0.2, 0.25) is 0 Å². The van der Waals surface area contributed by atoms with Crippen LogP contribution in [-0.4, -0.2) is 7.11 Å². The van der Waals surface area contributed by atoms with E-state index in [4.69, 9.17) is 4.74 Å². The van der Waals surface area contributed by atoms with E-state index >= 15 is 0 Å². The fraction of sp³-hybridized carbons (Fsp3) is 0.0357. The number of para-hydroxylation sites is 2. The lowest BCUT2D eigenvalue weighted by molar-refractivity contribution is 0.415. The van der Waals surface area contributed by atoms with Gasteiger partial charge < -0.3 is 14.5 Å². The fourth-order valence-electron chi connectivity index (χ4n) is 7.57. The molecule has 59 heavy (non-hydrogen) atoms. The lowest BCUT2D eigenvalue weighted by Gasteiger charge is -2.25. The van der Waals surface area contributed by atoms with Gasteiger partial charge in [-0.05, 0) is 160 Å². The largest absolute Gasteiger partial charge is 0.497 e. The van der Waals surface area contributed by atoms with Crippen molar-refractivity contribution in [1.82, 2.24) is 0 Å². The lowest BCUT2D eigenvalue weighted by Crippen LogP contribution is -2.09. The maximum Gasteiger partial charge on any atom is 0.119 e. The van der Waals surface area contributed by atoms with Crippen LogP contribution in [0.15, 0.2) is 206 Å². The van der Waals surface area contributed by atoms with Crippen LogP contribution in [-0.2, 0) is 0 Å². The molecular formula is C56H44N2O. The van der Waals surface area contributed by atoms with Crippen LogP contribution >= 0.6 is 0 Å². The Bertz CT molecular complexity index is 2880. The molecule has 0 N–H and O–H groups in total. The highest BCUT2D eigenvalue weighted by atomic mass is 16.5. The predicted molar refractivity (Wildman–Crippen MR) is 253 cm³/mol. The number of methoxy groups -OCH3 is 1. The molecule has 9 rings (SSSR count). The van der Waals surface area contributed by atoms with Crippen molar-refractivity contribution in [3.8, 4) is 5.75 Å². The first kappa shape index (κ1) is 37.0. The number of hydrogen-bond donors (Lipinski definition) is 0. The summed E-state index contributed by atoms with van der Waals surface area (Å²) in [6.45, 7) is 2.12. The van der Waals surface area contributed by atoms with Crippen LogP contribution < -0.4 is 14.5 Å². The van der Waals surface area contributed by atoms with Gasteiger partial charge in [-0.2, -0.15) is 0 Å². The maximum atomic E-state index is 5.40. The van der Waals surface area contributed by atoms with Crippen LogP contribution in [0.4, 0.5) is 34.1 Å². The topological polar surface area (TPSA) is 15.7 Å². The molecule has 0 amide bonds. The van der Waals surface area contributed by atoms with Gasteiger partial charge in [0.1, 0.15) is 5.75 Å². The summed E-state index contributed by atoms with van der Waals surface area (Å²) in [6.07, 6.45) is 8.77. The van der Waals surface area contributed by atoms with Crippen molar-refractivity contribution in [2.45, 2.75) is 6.92 Å². The monoisotopic (exact) mass is 760 g/mol. The molecular weight excluding hydrogens is 717 g/mol. The quantitative estimate of drug-likeness (QED) is 0.0964. The van der Waals surface area contributed by atoms with E-state index in [1.165, 1.54) is 38.2 Å². The highest BCUT2D eigenvalue weighted by molar-refractivity contribution is 6.00. The third-order valence-electron chi connectivity index (χ3n) is 10.7. The van der Waals surface area contributed by atoms with Crippen molar-refractivity contribution in [3.63, 3.8) is 0 Å². The van der Waals surface area contributed by atoms with Crippen LogP contribution in [0.5, 0.6) is 5.75 Å². The van der Waals surface area contributed by atoms with Crippen LogP contribution in [0.25, 0.3) is 45.8 Å².